The van der Waals surface area contributed by atoms with E-state index in [0.29, 0.717) is 17.3 Å². The van der Waals surface area contributed by atoms with Crippen LogP contribution < -0.4 is 4.90 Å². The van der Waals surface area contributed by atoms with Gasteiger partial charge in [-0.3, -0.25) is 4.57 Å². The summed E-state index contributed by atoms with van der Waals surface area (Å²) in [4.78, 5) is 1.99. The lowest BCUT2D eigenvalue weighted by Crippen LogP contribution is -2.48. The molecule has 1 aromatic heterocycles. The topological polar surface area (TPSA) is 71.0 Å². The maximum absolute atomic E-state index is 11.7. The number of benzene rings is 1. The average molecular weight is 324 g/mol. The Morgan fingerprint density at radius 2 is 2.05 bits per heavy atom. The van der Waals surface area contributed by atoms with Gasteiger partial charge in [-0.2, -0.15) is 0 Å². The first-order valence-corrected chi connectivity index (χ1v) is 8.91. The molecule has 1 saturated heterocycles. The van der Waals surface area contributed by atoms with Crippen LogP contribution in [-0.4, -0.2) is 47.3 Å². The lowest BCUT2D eigenvalue weighted by atomic mass is 10.3. The van der Waals surface area contributed by atoms with Crippen LogP contribution >= 0.6 is 12.2 Å². The highest BCUT2D eigenvalue weighted by Gasteiger charge is 2.31. The molecule has 21 heavy (non-hydrogen) atoms. The Morgan fingerprint density at radius 3 is 2.71 bits per heavy atom. The molecule has 1 aliphatic heterocycles. The summed E-state index contributed by atoms with van der Waals surface area (Å²) in [6.45, 7) is 2.32. The Morgan fingerprint density at radius 1 is 1.33 bits per heavy atom. The fourth-order valence-electron chi connectivity index (χ4n) is 2.59. The molecule has 0 amide bonds. The first kappa shape index (κ1) is 14.3. The number of H-pyrrole nitrogens is 1. The minimum absolute atomic E-state index is 0.128. The van der Waals surface area contributed by atoms with E-state index in [0.717, 1.165) is 5.69 Å². The van der Waals surface area contributed by atoms with Crippen LogP contribution in [0.2, 0.25) is 0 Å². The summed E-state index contributed by atoms with van der Waals surface area (Å²) in [5.41, 5.74) is 0.909. The second kappa shape index (κ2) is 5.27. The van der Waals surface area contributed by atoms with E-state index in [1.54, 1.807) is 0 Å². The maximum atomic E-state index is 11.7. The summed E-state index contributed by atoms with van der Waals surface area (Å²) in [5.74, 6) is 0.946. The second-order valence-corrected chi connectivity index (χ2v) is 7.77. The van der Waals surface area contributed by atoms with Crippen LogP contribution in [0.1, 0.15) is 6.92 Å². The van der Waals surface area contributed by atoms with Gasteiger partial charge in [-0.25, -0.2) is 13.5 Å². The molecule has 6 nitrogen and oxygen atoms in total. The molecule has 0 saturated carbocycles. The van der Waals surface area contributed by atoms with Crippen LogP contribution in [0.4, 0.5) is 5.95 Å². The number of hydrogen-bond donors (Lipinski definition) is 1. The van der Waals surface area contributed by atoms with Crippen LogP contribution in [0, 0.1) is 4.77 Å². The Hall–Kier alpha value is -1.67. The van der Waals surface area contributed by atoms with Gasteiger partial charge in [-0.15, -0.1) is 5.10 Å². The van der Waals surface area contributed by atoms with Crippen molar-refractivity contribution < 1.29 is 8.42 Å². The van der Waals surface area contributed by atoms with Gasteiger partial charge in [-0.1, -0.05) is 18.2 Å². The van der Waals surface area contributed by atoms with Crippen LogP contribution in [0.3, 0.4) is 0 Å². The minimum Gasteiger partial charge on any atom is -0.336 e. The molecule has 0 spiro atoms. The first-order chi connectivity index (χ1) is 9.98. The fraction of sp³-hybridized carbons (Fsp3) is 0.385. The molecule has 0 radical (unpaired) electrons. The number of sulfone groups is 1. The van der Waals surface area contributed by atoms with Crippen molar-refractivity contribution in [2.75, 3.05) is 23.0 Å². The summed E-state index contributed by atoms with van der Waals surface area (Å²) in [7, 11) is -2.96. The van der Waals surface area contributed by atoms with Crippen molar-refractivity contribution in [2.45, 2.75) is 13.0 Å². The monoisotopic (exact) mass is 324 g/mol. The predicted octanol–water partition coefficient (Wildman–Crippen LogP) is 1.55. The van der Waals surface area contributed by atoms with Crippen molar-refractivity contribution in [3.05, 3.63) is 35.1 Å². The van der Waals surface area contributed by atoms with Crippen LogP contribution in [0.5, 0.6) is 0 Å². The summed E-state index contributed by atoms with van der Waals surface area (Å²) in [6, 6.07) is 9.55. The third-order valence-electron chi connectivity index (χ3n) is 3.60. The van der Waals surface area contributed by atoms with Gasteiger partial charge >= 0.3 is 0 Å². The largest absolute Gasteiger partial charge is 0.336 e. The smallest absolute Gasteiger partial charge is 0.230 e. The van der Waals surface area contributed by atoms with E-state index in [9.17, 15) is 8.42 Å². The second-order valence-electron chi connectivity index (χ2n) is 5.16. The van der Waals surface area contributed by atoms with Crippen molar-refractivity contribution in [1.82, 2.24) is 14.8 Å². The van der Waals surface area contributed by atoms with Gasteiger partial charge in [0, 0.05) is 12.6 Å². The van der Waals surface area contributed by atoms with Gasteiger partial charge in [0.05, 0.1) is 17.2 Å². The van der Waals surface area contributed by atoms with Crippen molar-refractivity contribution in [3.8, 4) is 5.69 Å². The van der Waals surface area contributed by atoms with Crippen molar-refractivity contribution in [1.29, 1.82) is 0 Å². The number of nitrogens with zero attached hydrogens (tertiary/aromatic N) is 3. The Kier molecular flexibility index (Phi) is 3.58. The molecule has 0 aliphatic carbocycles. The van der Waals surface area contributed by atoms with Gasteiger partial charge in [0.1, 0.15) is 0 Å². The number of anilines is 1. The summed E-state index contributed by atoms with van der Waals surface area (Å²) >= 11 is 5.31. The number of hydrogen-bond acceptors (Lipinski definition) is 5. The molecule has 1 aromatic carbocycles. The molecule has 8 heteroatoms. The molecule has 0 bridgehead atoms. The Labute approximate surface area is 128 Å². The third kappa shape index (κ3) is 2.73. The molecule has 2 heterocycles. The molecule has 1 aliphatic rings. The third-order valence-corrected chi connectivity index (χ3v) is 5.67. The van der Waals surface area contributed by atoms with Gasteiger partial charge in [-0.05, 0) is 31.3 Å². The van der Waals surface area contributed by atoms with E-state index in [1.807, 2.05) is 46.7 Å². The van der Waals surface area contributed by atoms with Crippen LogP contribution in [0.15, 0.2) is 30.3 Å². The minimum atomic E-state index is -2.96. The molecular formula is C13H16N4O2S2. The highest BCUT2D eigenvalue weighted by molar-refractivity contribution is 7.91. The van der Waals surface area contributed by atoms with E-state index in [1.165, 1.54) is 0 Å². The highest BCUT2D eigenvalue weighted by Crippen LogP contribution is 2.23. The van der Waals surface area contributed by atoms with Gasteiger partial charge in [0.15, 0.2) is 9.84 Å². The molecule has 112 valence electrons. The first-order valence-electron chi connectivity index (χ1n) is 6.68. The number of rotatable bonds is 2. The molecular weight excluding hydrogens is 308 g/mol. The van der Waals surface area contributed by atoms with E-state index in [-0.39, 0.29) is 17.5 Å². The number of nitrogens with one attached hydrogen (secondary N) is 1. The highest BCUT2D eigenvalue weighted by atomic mass is 32.2. The van der Waals surface area contributed by atoms with Crippen molar-refractivity contribution in [2.24, 2.45) is 0 Å². The van der Waals surface area contributed by atoms with E-state index in [2.05, 4.69) is 10.2 Å². The van der Waals surface area contributed by atoms with Gasteiger partial charge in [0.25, 0.3) is 0 Å². The number of aromatic nitrogens is 3. The molecule has 2 aromatic rings. The summed E-state index contributed by atoms with van der Waals surface area (Å²) in [6.07, 6.45) is 0. The van der Waals surface area contributed by atoms with Crippen molar-refractivity contribution in [3.63, 3.8) is 0 Å². The fourth-order valence-corrected chi connectivity index (χ4v) is 4.38. The standard InChI is InChI=1S/C13H16N4O2S2/c1-10-9-21(18,19)8-7-16(10)12-14-15-13(20)17(12)11-5-3-2-4-6-11/h2-6,10H,7-9H2,1H3,(H,15,20). The Balaban J connectivity index is 2.03. The van der Waals surface area contributed by atoms with E-state index in [4.69, 9.17) is 12.2 Å². The Bertz CT molecular complexity index is 795. The predicted molar refractivity (Wildman–Crippen MR) is 84.2 cm³/mol. The van der Waals surface area contributed by atoms with Gasteiger partial charge in [0.2, 0.25) is 10.7 Å². The lowest BCUT2D eigenvalue weighted by Gasteiger charge is -2.33. The number of aromatic amines is 1. The van der Waals surface area contributed by atoms with Crippen molar-refractivity contribution >= 4 is 28.0 Å². The SMILES string of the molecule is CC1CS(=O)(=O)CCN1c1n[nH]c(=S)n1-c1ccccc1. The molecule has 1 unspecified atom stereocenters. The number of para-hydroxylation sites is 1. The quantitative estimate of drug-likeness (QED) is 0.849. The molecule has 1 fully saturated rings. The maximum Gasteiger partial charge on any atom is 0.230 e. The zero-order valence-electron chi connectivity index (χ0n) is 11.6. The zero-order chi connectivity index (χ0) is 15.0. The van der Waals surface area contributed by atoms with E-state index >= 15 is 0 Å². The normalized spacial score (nSPS) is 21.4. The average Bonchev–Trinajstić information content (AvgIpc) is 2.80. The van der Waals surface area contributed by atoms with Crippen LogP contribution in [-0.2, 0) is 9.84 Å². The van der Waals surface area contributed by atoms with E-state index < -0.39 is 9.84 Å². The molecule has 1 atom stereocenters. The molecule has 3 rings (SSSR count). The van der Waals surface area contributed by atoms with Crippen LogP contribution in [0.25, 0.3) is 5.69 Å². The zero-order valence-corrected chi connectivity index (χ0v) is 13.2. The molecule has 1 N–H and O–H groups in total. The summed E-state index contributed by atoms with van der Waals surface area (Å²) < 4.78 is 25.8. The lowest BCUT2D eigenvalue weighted by molar-refractivity contribution is 0.563. The van der Waals surface area contributed by atoms with Gasteiger partial charge < -0.3 is 4.90 Å². The summed E-state index contributed by atoms with van der Waals surface area (Å²) in [5, 5.41) is 7.09.